The molecule has 0 atom stereocenters. The van der Waals surface area contributed by atoms with Crippen molar-refractivity contribution in [2.24, 2.45) is 0 Å². The number of halogens is 2. The highest BCUT2D eigenvalue weighted by Gasteiger charge is 2.26. The second kappa shape index (κ2) is 3.96. The summed E-state index contributed by atoms with van der Waals surface area (Å²) in [5.74, 6) is -3.70. The van der Waals surface area contributed by atoms with Crippen molar-refractivity contribution >= 4 is 11.6 Å². The minimum atomic E-state index is -2.99. The molecule has 0 aliphatic carbocycles. The number of carbonyl (C=O) groups excluding carboxylic acids is 1. The van der Waals surface area contributed by atoms with Crippen LogP contribution in [0.3, 0.4) is 0 Å². The zero-order chi connectivity index (χ0) is 11.6. The lowest BCUT2D eigenvalue weighted by Crippen LogP contribution is -2.22. The smallest absolute Gasteiger partial charge is 0.254 e. The van der Waals surface area contributed by atoms with Crippen molar-refractivity contribution in [2.45, 2.75) is 33.1 Å². The van der Waals surface area contributed by atoms with Crippen molar-refractivity contribution in [3.63, 3.8) is 0 Å². The normalized spacial score (nSPS) is 11.5. The van der Waals surface area contributed by atoms with E-state index in [2.05, 4.69) is 15.5 Å². The number of rotatable bonds is 3. The standard InChI is InChI=1S/C9H13F2N3O/c1-5-8(6(2)14-13-5)12-7(15)4-9(3,10)11/h4H2,1-3H3,(H,12,15)(H,13,14). The topological polar surface area (TPSA) is 57.8 Å². The van der Waals surface area contributed by atoms with E-state index in [4.69, 9.17) is 0 Å². The third-order valence-corrected chi connectivity index (χ3v) is 1.86. The summed E-state index contributed by atoms with van der Waals surface area (Å²) in [6.07, 6.45) is -0.822. The Morgan fingerprint density at radius 2 is 2.13 bits per heavy atom. The number of amides is 1. The Balaban J connectivity index is 2.67. The molecule has 2 N–H and O–H groups in total. The predicted molar refractivity (Wildman–Crippen MR) is 51.9 cm³/mol. The molecule has 0 fully saturated rings. The van der Waals surface area contributed by atoms with Crippen LogP contribution in [0.2, 0.25) is 0 Å². The van der Waals surface area contributed by atoms with Crippen molar-refractivity contribution in [3.8, 4) is 0 Å². The van der Waals surface area contributed by atoms with Crippen LogP contribution in [0.25, 0.3) is 0 Å². The highest BCUT2D eigenvalue weighted by Crippen LogP contribution is 2.20. The van der Waals surface area contributed by atoms with Crippen molar-refractivity contribution in [1.29, 1.82) is 0 Å². The molecule has 0 aliphatic heterocycles. The van der Waals surface area contributed by atoms with Crippen LogP contribution in [0.15, 0.2) is 0 Å². The molecule has 1 aromatic heterocycles. The van der Waals surface area contributed by atoms with Crippen LogP contribution in [-0.2, 0) is 4.79 Å². The molecule has 0 radical (unpaired) electrons. The minimum Gasteiger partial charge on any atom is -0.323 e. The number of hydrogen-bond donors (Lipinski definition) is 2. The molecule has 0 aromatic carbocycles. The van der Waals surface area contributed by atoms with Gasteiger partial charge < -0.3 is 5.32 Å². The SMILES string of the molecule is Cc1n[nH]c(C)c1NC(=O)CC(C)(F)F. The molecule has 0 saturated heterocycles. The molecular weight excluding hydrogens is 204 g/mol. The molecule has 1 rings (SSSR count). The summed E-state index contributed by atoms with van der Waals surface area (Å²) < 4.78 is 25.0. The average molecular weight is 217 g/mol. The maximum absolute atomic E-state index is 12.5. The van der Waals surface area contributed by atoms with E-state index >= 15 is 0 Å². The van der Waals surface area contributed by atoms with Crippen molar-refractivity contribution < 1.29 is 13.6 Å². The molecule has 0 aliphatic rings. The fourth-order valence-corrected chi connectivity index (χ4v) is 1.20. The number of aryl methyl sites for hydroxylation is 2. The van der Waals surface area contributed by atoms with E-state index in [1.165, 1.54) is 0 Å². The second-order valence-corrected chi connectivity index (χ2v) is 3.60. The number of aromatic nitrogens is 2. The lowest BCUT2D eigenvalue weighted by molar-refractivity contribution is -0.122. The lowest BCUT2D eigenvalue weighted by atomic mass is 10.2. The molecule has 0 unspecified atom stereocenters. The van der Waals surface area contributed by atoms with Crippen LogP contribution in [0.4, 0.5) is 14.5 Å². The molecule has 15 heavy (non-hydrogen) atoms. The van der Waals surface area contributed by atoms with Crippen LogP contribution in [-0.4, -0.2) is 22.0 Å². The summed E-state index contributed by atoms with van der Waals surface area (Å²) >= 11 is 0. The summed E-state index contributed by atoms with van der Waals surface area (Å²) in [5.41, 5.74) is 1.71. The summed E-state index contributed by atoms with van der Waals surface area (Å²) in [5, 5.41) is 8.89. The first-order valence-electron chi connectivity index (χ1n) is 4.49. The monoisotopic (exact) mass is 217 g/mol. The number of hydrogen-bond acceptors (Lipinski definition) is 2. The highest BCUT2D eigenvalue weighted by molar-refractivity contribution is 5.92. The van der Waals surface area contributed by atoms with E-state index in [1.54, 1.807) is 13.8 Å². The Morgan fingerprint density at radius 3 is 2.53 bits per heavy atom. The molecule has 0 saturated carbocycles. The van der Waals surface area contributed by atoms with Gasteiger partial charge in [-0.25, -0.2) is 8.78 Å². The number of alkyl halides is 2. The van der Waals surface area contributed by atoms with Gasteiger partial charge in [0.15, 0.2) is 0 Å². The molecular formula is C9H13F2N3O. The molecule has 4 nitrogen and oxygen atoms in total. The predicted octanol–water partition coefficient (Wildman–Crippen LogP) is 2.01. The number of aromatic amines is 1. The summed E-state index contributed by atoms with van der Waals surface area (Å²) in [6, 6.07) is 0. The third kappa shape index (κ3) is 3.30. The maximum atomic E-state index is 12.5. The molecule has 1 heterocycles. The molecule has 0 spiro atoms. The Bertz CT molecular complexity index is 348. The van der Waals surface area contributed by atoms with Gasteiger partial charge in [0.05, 0.1) is 23.5 Å². The van der Waals surface area contributed by atoms with Gasteiger partial charge in [-0.2, -0.15) is 5.10 Å². The first-order chi connectivity index (χ1) is 6.79. The van der Waals surface area contributed by atoms with Crippen molar-refractivity contribution in [3.05, 3.63) is 11.4 Å². The van der Waals surface area contributed by atoms with E-state index in [1.807, 2.05) is 0 Å². The van der Waals surface area contributed by atoms with Crippen LogP contribution in [0.5, 0.6) is 0 Å². The van der Waals surface area contributed by atoms with Gasteiger partial charge in [-0.1, -0.05) is 0 Å². The molecule has 1 amide bonds. The van der Waals surface area contributed by atoms with Crippen molar-refractivity contribution in [1.82, 2.24) is 10.2 Å². The Kier molecular flexibility index (Phi) is 3.06. The number of nitrogens with one attached hydrogen (secondary N) is 2. The Labute approximate surface area is 86.1 Å². The van der Waals surface area contributed by atoms with E-state index < -0.39 is 18.3 Å². The zero-order valence-corrected chi connectivity index (χ0v) is 8.82. The fraction of sp³-hybridized carbons (Fsp3) is 0.556. The number of nitrogens with zero attached hydrogens (tertiary/aromatic N) is 1. The average Bonchev–Trinajstić information content (AvgIpc) is 2.32. The van der Waals surface area contributed by atoms with Gasteiger partial charge in [0.25, 0.3) is 5.92 Å². The number of anilines is 1. The first-order valence-corrected chi connectivity index (χ1v) is 4.49. The third-order valence-electron chi connectivity index (χ3n) is 1.86. The quantitative estimate of drug-likeness (QED) is 0.813. The van der Waals surface area contributed by atoms with Crippen LogP contribution < -0.4 is 5.32 Å². The summed E-state index contributed by atoms with van der Waals surface area (Å²) in [7, 11) is 0. The van der Waals surface area contributed by atoms with E-state index in [0.29, 0.717) is 24.0 Å². The van der Waals surface area contributed by atoms with E-state index in [0.717, 1.165) is 0 Å². The van der Waals surface area contributed by atoms with E-state index in [-0.39, 0.29) is 0 Å². The molecule has 1 aromatic rings. The van der Waals surface area contributed by atoms with Gasteiger partial charge in [0.2, 0.25) is 5.91 Å². The number of H-pyrrole nitrogens is 1. The van der Waals surface area contributed by atoms with Gasteiger partial charge in [-0.3, -0.25) is 9.89 Å². The van der Waals surface area contributed by atoms with Gasteiger partial charge in [-0.15, -0.1) is 0 Å². The lowest BCUT2D eigenvalue weighted by Gasteiger charge is -2.10. The van der Waals surface area contributed by atoms with Gasteiger partial charge in [0.1, 0.15) is 0 Å². The highest BCUT2D eigenvalue weighted by atomic mass is 19.3. The zero-order valence-electron chi connectivity index (χ0n) is 8.82. The van der Waals surface area contributed by atoms with Gasteiger partial charge >= 0.3 is 0 Å². The second-order valence-electron chi connectivity index (χ2n) is 3.60. The van der Waals surface area contributed by atoms with Crippen LogP contribution >= 0.6 is 0 Å². The minimum absolute atomic E-state index is 0.476. The van der Waals surface area contributed by atoms with Crippen LogP contribution in [0, 0.1) is 13.8 Å². The Morgan fingerprint density at radius 1 is 1.53 bits per heavy atom. The van der Waals surface area contributed by atoms with Gasteiger partial charge in [-0.05, 0) is 20.8 Å². The van der Waals surface area contributed by atoms with Gasteiger partial charge in [0, 0.05) is 0 Å². The summed E-state index contributed by atoms with van der Waals surface area (Å²) in [6.45, 7) is 4.10. The van der Waals surface area contributed by atoms with E-state index in [9.17, 15) is 13.6 Å². The Hall–Kier alpha value is -1.46. The van der Waals surface area contributed by atoms with Crippen LogP contribution in [0.1, 0.15) is 24.7 Å². The first kappa shape index (κ1) is 11.6. The molecule has 84 valence electrons. The summed E-state index contributed by atoms with van der Waals surface area (Å²) in [4.78, 5) is 11.2. The largest absolute Gasteiger partial charge is 0.323 e. The molecule has 6 heteroatoms. The van der Waals surface area contributed by atoms with Crippen molar-refractivity contribution in [2.75, 3.05) is 5.32 Å². The number of carbonyl (C=O) groups is 1. The fourth-order valence-electron chi connectivity index (χ4n) is 1.20. The molecule has 0 bridgehead atoms. The maximum Gasteiger partial charge on any atom is 0.254 e.